The van der Waals surface area contributed by atoms with Gasteiger partial charge in [0.25, 0.3) is 5.91 Å². The van der Waals surface area contributed by atoms with E-state index >= 15 is 0 Å². The second-order valence-electron chi connectivity index (χ2n) is 5.24. The number of carbonyl (C=O) groups is 1. The molecule has 1 aromatic heterocycles. The van der Waals surface area contributed by atoms with Gasteiger partial charge in [0.05, 0.1) is 0 Å². The second-order valence-corrected chi connectivity index (χ2v) is 5.24. The molecule has 1 amide bonds. The molecule has 3 rings (SSSR count). The van der Waals surface area contributed by atoms with Gasteiger partial charge in [-0.15, -0.1) is 5.10 Å². The van der Waals surface area contributed by atoms with Crippen LogP contribution in [0.5, 0.6) is 0 Å². The zero-order valence-electron chi connectivity index (χ0n) is 10.6. The summed E-state index contributed by atoms with van der Waals surface area (Å²) in [6.45, 7) is 5.83. The fraction of sp³-hybridized carbons (Fsp3) is 0.750. The van der Waals surface area contributed by atoms with Crippen molar-refractivity contribution < 1.29 is 4.79 Å². The number of rotatable bonds is 3. The van der Waals surface area contributed by atoms with E-state index in [4.69, 9.17) is 0 Å². The number of aromatic nitrogens is 3. The molecule has 0 bridgehead atoms. The van der Waals surface area contributed by atoms with E-state index in [9.17, 15) is 4.79 Å². The predicted molar refractivity (Wildman–Crippen MR) is 66.1 cm³/mol. The third-order valence-corrected chi connectivity index (χ3v) is 3.89. The number of aryl methyl sites for hydroxylation is 1. The third kappa shape index (κ3) is 2.01. The largest absolute Gasteiger partial charge is 0.335 e. The van der Waals surface area contributed by atoms with Crippen LogP contribution in [0.25, 0.3) is 0 Å². The molecule has 18 heavy (non-hydrogen) atoms. The average molecular weight is 249 g/mol. The monoisotopic (exact) mass is 249 g/mol. The van der Waals surface area contributed by atoms with E-state index in [0.717, 1.165) is 44.8 Å². The molecule has 0 radical (unpaired) electrons. The van der Waals surface area contributed by atoms with Gasteiger partial charge in [-0.05, 0) is 18.3 Å². The van der Waals surface area contributed by atoms with Crippen molar-refractivity contribution in [3.63, 3.8) is 0 Å². The minimum Gasteiger partial charge on any atom is -0.335 e. The van der Waals surface area contributed by atoms with Crippen LogP contribution in [0.15, 0.2) is 0 Å². The maximum Gasteiger partial charge on any atom is 0.293 e. The van der Waals surface area contributed by atoms with Crippen LogP contribution in [-0.2, 0) is 6.42 Å². The minimum absolute atomic E-state index is 0.0250. The van der Waals surface area contributed by atoms with Gasteiger partial charge < -0.3 is 10.2 Å². The van der Waals surface area contributed by atoms with E-state index in [0.29, 0.717) is 17.7 Å². The van der Waals surface area contributed by atoms with Crippen LogP contribution >= 0.6 is 0 Å². The third-order valence-electron chi connectivity index (χ3n) is 3.89. The quantitative estimate of drug-likeness (QED) is 0.793. The molecule has 0 spiro atoms. The van der Waals surface area contributed by atoms with Crippen LogP contribution < -0.4 is 5.32 Å². The fourth-order valence-electron chi connectivity index (χ4n) is 2.90. The number of aromatic amines is 1. The first-order valence-electron chi connectivity index (χ1n) is 6.69. The second kappa shape index (κ2) is 4.68. The first-order valence-corrected chi connectivity index (χ1v) is 6.69. The maximum absolute atomic E-state index is 12.3. The molecule has 6 nitrogen and oxygen atoms in total. The van der Waals surface area contributed by atoms with Crippen molar-refractivity contribution in [3.05, 3.63) is 11.6 Å². The van der Waals surface area contributed by atoms with Gasteiger partial charge in [-0.3, -0.25) is 9.89 Å². The summed E-state index contributed by atoms with van der Waals surface area (Å²) in [5, 5.41) is 10.2. The summed E-state index contributed by atoms with van der Waals surface area (Å²) in [5.74, 6) is 2.34. The van der Waals surface area contributed by atoms with Crippen molar-refractivity contribution in [2.24, 2.45) is 11.8 Å². The number of fused-ring (bicyclic) bond motifs is 1. The number of carbonyl (C=O) groups excluding carboxylic acids is 1. The van der Waals surface area contributed by atoms with Crippen molar-refractivity contribution in [3.8, 4) is 0 Å². The molecule has 0 saturated carbocycles. The number of likely N-dealkylation sites (tertiary alicyclic amines) is 1. The first kappa shape index (κ1) is 11.6. The summed E-state index contributed by atoms with van der Waals surface area (Å²) in [5.41, 5.74) is 0. The molecule has 2 aliphatic rings. The molecule has 2 atom stereocenters. The Balaban J connectivity index is 1.67. The molecule has 2 saturated heterocycles. The topological polar surface area (TPSA) is 73.9 Å². The van der Waals surface area contributed by atoms with Crippen LogP contribution in [-0.4, -0.2) is 52.2 Å². The zero-order chi connectivity index (χ0) is 12.5. The lowest BCUT2D eigenvalue weighted by Crippen LogP contribution is -2.32. The van der Waals surface area contributed by atoms with Crippen LogP contribution in [0.4, 0.5) is 0 Å². The summed E-state index contributed by atoms with van der Waals surface area (Å²) < 4.78 is 0. The summed E-state index contributed by atoms with van der Waals surface area (Å²) in [6, 6.07) is 0. The number of amides is 1. The Kier molecular flexibility index (Phi) is 3.03. The molecule has 0 aromatic carbocycles. The number of nitrogens with one attached hydrogen (secondary N) is 2. The standard InChI is InChI=1S/C12H19N5O/c1-2-3-10-14-11(16-15-10)12(18)17-6-8-4-13-5-9(8)7-17/h8-9,13H,2-7H2,1H3,(H,14,15,16)/t8-,9+. The van der Waals surface area contributed by atoms with Gasteiger partial charge in [0.2, 0.25) is 5.82 Å². The van der Waals surface area contributed by atoms with Gasteiger partial charge in [0, 0.05) is 32.6 Å². The fourth-order valence-corrected chi connectivity index (χ4v) is 2.90. The molecule has 0 aliphatic carbocycles. The molecule has 0 unspecified atom stereocenters. The van der Waals surface area contributed by atoms with Crippen LogP contribution in [0.1, 0.15) is 29.8 Å². The van der Waals surface area contributed by atoms with Crippen molar-refractivity contribution >= 4 is 5.91 Å². The Hall–Kier alpha value is -1.43. The highest BCUT2D eigenvalue weighted by Gasteiger charge is 2.39. The smallest absolute Gasteiger partial charge is 0.293 e. The van der Waals surface area contributed by atoms with Crippen molar-refractivity contribution in [1.82, 2.24) is 25.4 Å². The van der Waals surface area contributed by atoms with E-state index in [-0.39, 0.29) is 5.91 Å². The van der Waals surface area contributed by atoms with Crippen LogP contribution in [0.3, 0.4) is 0 Å². The van der Waals surface area contributed by atoms with Gasteiger partial charge in [0.15, 0.2) is 0 Å². The summed E-state index contributed by atoms with van der Waals surface area (Å²) >= 11 is 0. The lowest BCUT2D eigenvalue weighted by molar-refractivity contribution is 0.0770. The van der Waals surface area contributed by atoms with E-state index in [2.05, 4.69) is 27.4 Å². The number of hydrogen-bond donors (Lipinski definition) is 2. The van der Waals surface area contributed by atoms with Gasteiger partial charge in [-0.25, -0.2) is 4.98 Å². The summed E-state index contributed by atoms with van der Waals surface area (Å²) in [4.78, 5) is 18.4. The van der Waals surface area contributed by atoms with E-state index in [1.807, 2.05) is 4.90 Å². The van der Waals surface area contributed by atoms with Gasteiger partial charge in [-0.2, -0.15) is 0 Å². The maximum atomic E-state index is 12.3. The molecule has 2 aliphatic heterocycles. The zero-order valence-corrected chi connectivity index (χ0v) is 10.6. The minimum atomic E-state index is -0.0250. The number of hydrogen-bond acceptors (Lipinski definition) is 4. The number of H-pyrrole nitrogens is 1. The van der Waals surface area contributed by atoms with Crippen LogP contribution in [0, 0.1) is 11.8 Å². The van der Waals surface area contributed by atoms with E-state index in [1.54, 1.807) is 0 Å². The molecular formula is C12H19N5O. The number of nitrogens with zero attached hydrogens (tertiary/aromatic N) is 3. The molecule has 98 valence electrons. The molecule has 1 aromatic rings. The Morgan fingerprint density at radius 2 is 2.11 bits per heavy atom. The molecular weight excluding hydrogens is 230 g/mol. The average Bonchev–Trinajstić information content (AvgIpc) is 3.02. The summed E-state index contributed by atoms with van der Waals surface area (Å²) in [6.07, 6.45) is 1.85. The molecule has 6 heteroatoms. The highest BCUT2D eigenvalue weighted by Crippen LogP contribution is 2.26. The Morgan fingerprint density at radius 3 is 2.78 bits per heavy atom. The lowest BCUT2D eigenvalue weighted by atomic mass is 10.0. The van der Waals surface area contributed by atoms with Gasteiger partial charge in [0.1, 0.15) is 5.82 Å². The van der Waals surface area contributed by atoms with Crippen molar-refractivity contribution in [2.75, 3.05) is 26.2 Å². The lowest BCUT2D eigenvalue weighted by Gasteiger charge is -2.15. The molecule has 2 fully saturated rings. The van der Waals surface area contributed by atoms with Crippen LogP contribution in [0.2, 0.25) is 0 Å². The Bertz CT molecular complexity index is 431. The highest BCUT2D eigenvalue weighted by molar-refractivity contribution is 5.90. The van der Waals surface area contributed by atoms with Crippen molar-refractivity contribution in [2.45, 2.75) is 19.8 Å². The normalized spacial score (nSPS) is 26.6. The Morgan fingerprint density at radius 1 is 1.39 bits per heavy atom. The molecule has 2 N–H and O–H groups in total. The summed E-state index contributed by atoms with van der Waals surface area (Å²) in [7, 11) is 0. The van der Waals surface area contributed by atoms with Gasteiger partial charge >= 0.3 is 0 Å². The van der Waals surface area contributed by atoms with Crippen molar-refractivity contribution in [1.29, 1.82) is 0 Å². The van der Waals surface area contributed by atoms with Gasteiger partial charge in [-0.1, -0.05) is 6.92 Å². The SMILES string of the molecule is CCCc1nc(C(=O)N2C[C@H]3CNC[C@H]3C2)n[nH]1. The van der Waals surface area contributed by atoms with E-state index < -0.39 is 0 Å². The predicted octanol–water partition coefficient (Wildman–Crippen LogP) is 0.0486. The Labute approximate surface area is 106 Å². The first-order chi connectivity index (χ1) is 8.78. The van der Waals surface area contributed by atoms with E-state index in [1.165, 1.54) is 0 Å². The highest BCUT2D eigenvalue weighted by atomic mass is 16.2. The molecule has 3 heterocycles.